The summed E-state index contributed by atoms with van der Waals surface area (Å²) in [6.45, 7) is 11.1. The van der Waals surface area contributed by atoms with E-state index < -0.39 is 0 Å². The number of morpholine rings is 1. The molecule has 1 aliphatic heterocycles. The van der Waals surface area contributed by atoms with E-state index in [1.807, 2.05) is 0 Å². The van der Waals surface area contributed by atoms with Gasteiger partial charge in [-0.2, -0.15) is 0 Å². The molecule has 2 fully saturated rings. The molecule has 3 rings (SSSR count). The van der Waals surface area contributed by atoms with Crippen LogP contribution in [0.4, 0.5) is 0 Å². The first kappa shape index (κ1) is 24.4. The van der Waals surface area contributed by atoms with Crippen molar-refractivity contribution in [3.63, 3.8) is 0 Å². The Hall–Kier alpha value is -1.22. The van der Waals surface area contributed by atoms with Gasteiger partial charge in [-0.3, -0.25) is 9.69 Å². The highest BCUT2D eigenvalue weighted by molar-refractivity contribution is 7.80. The first-order chi connectivity index (χ1) is 15.0. The normalized spacial score (nSPS) is 24.5. The van der Waals surface area contributed by atoms with Gasteiger partial charge in [0.2, 0.25) is 5.91 Å². The highest BCUT2D eigenvalue weighted by atomic mass is 32.1. The van der Waals surface area contributed by atoms with Gasteiger partial charge in [-0.1, -0.05) is 32.8 Å². The molecule has 1 saturated carbocycles. The fourth-order valence-corrected chi connectivity index (χ4v) is 5.41. The van der Waals surface area contributed by atoms with Crippen LogP contribution in [0, 0.1) is 11.8 Å². The van der Waals surface area contributed by atoms with Crippen LogP contribution in [0.1, 0.15) is 44.4 Å². The van der Waals surface area contributed by atoms with Crippen LogP contribution in [0.2, 0.25) is 0 Å². The number of amides is 1. The topological polar surface area (TPSA) is 56.8 Å². The summed E-state index contributed by atoms with van der Waals surface area (Å²) in [5.74, 6) is 1.23. The molecule has 6 nitrogen and oxygen atoms in total. The molecule has 2 N–H and O–H groups in total. The van der Waals surface area contributed by atoms with Crippen LogP contribution in [0.15, 0.2) is 17.5 Å². The molecule has 2 aliphatic rings. The SMILES string of the molecule is C[C@@H]1[C@H](C)CCC[C@H]1NC(=O)CNC(=S)N(CCCN1CCOCC1)Cc1cccs1. The van der Waals surface area contributed by atoms with Gasteiger partial charge in [0.05, 0.1) is 26.3 Å². The fraction of sp³-hybridized carbons (Fsp3) is 0.739. The standard InChI is InChI=1S/C23H38N4O2S2/c1-18-6-3-8-21(19(18)2)25-22(28)16-24-23(30)27(17-20-7-4-15-31-20)10-5-9-26-11-13-29-14-12-26/h4,7,15,18-19,21H,3,5-6,8-14,16-17H2,1-2H3,(H,24,30)(H,25,28)/t18-,19-,21-/m1/s1. The van der Waals surface area contributed by atoms with E-state index in [-0.39, 0.29) is 18.5 Å². The van der Waals surface area contributed by atoms with E-state index in [9.17, 15) is 4.79 Å². The molecule has 1 aliphatic carbocycles. The Morgan fingerprint density at radius 1 is 1.32 bits per heavy atom. The number of thiophene rings is 1. The molecule has 0 unspecified atom stereocenters. The summed E-state index contributed by atoms with van der Waals surface area (Å²) in [6, 6.07) is 4.49. The van der Waals surface area contributed by atoms with Gasteiger partial charge in [0.25, 0.3) is 0 Å². The highest BCUT2D eigenvalue weighted by Crippen LogP contribution is 2.29. The maximum Gasteiger partial charge on any atom is 0.239 e. The quantitative estimate of drug-likeness (QED) is 0.546. The zero-order valence-electron chi connectivity index (χ0n) is 19.0. The van der Waals surface area contributed by atoms with Gasteiger partial charge in [0.1, 0.15) is 0 Å². The minimum atomic E-state index is 0.0395. The molecule has 1 saturated heterocycles. The second-order valence-corrected chi connectivity index (χ2v) is 10.3. The zero-order valence-corrected chi connectivity index (χ0v) is 20.6. The molecule has 1 amide bonds. The molecule has 1 aromatic rings. The lowest BCUT2D eigenvalue weighted by Gasteiger charge is -2.34. The lowest BCUT2D eigenvalue weighted by molar-refractivity contribution is -0.121. The van der Waals surface area contributed by atoms with Gasteiger partial charge < -0.3 is 20.3 Å². The first-order valence-electron chi connectivity index (χ1n) is 11.7. The first-order valence-corrected chi connectivity index (χ1v) is 13.0. The molecule has 0 radical (unpaired) electrons. The molecule has 0 bridgehead atoms. The van der Waals surface area contributed by atoms with Crippen molar-refractivity contribution in [2.24, 2.45) is 11.8 Å². The lowest BCUT2D eigenvalue weighted by atomic mass is 9.78. The van der Waals surface area contributed by atoms with Gasteiger partial charge in [-0.15, -0.1) is 11.3 Å². The van der Waals surface area contributed by atoms with Crippen molar-refractivity contribution < 1.29 is 9.53 Å². The Morgan fingerprint density at radius 3 is 2.87 bits per heavy atom. The number of carbonyl (C=O) groups excluding carboxylic acids is 1. The molecular weight excluding hydrogens is 428 g/mol. The van der Waals surface area contributed by atoms with E-state index in [2.05, 4.69) is 51.8 Å². The van der Waals surface area contributed by atoms with Gasteiger partial charge in [0, 0.05) is 37.1 Å². The van der Waals surface area contributed by atoms with E-state index in [0.29, 0.717) is 16.9 Å². The molecular formula is C23H38N4O2S2. The van der Waals surface area contributed by atoms with Crippen molar-refractivity contribution in [3.05, 3.63) is 22.4 Å². The number of hydrogen-bond acceptors (Lipinski definition) is 5. The molecule has 31 heavy (non-hydrogen) atoms. The number of thiocarbonyl (C=S) groups is 1. The van der Waals surface area contributed by atoms with Crippen LogP contribution in [-0.4, -0.2) is 72.8 Å². The Morgan fingerprint density at radius 2 is 2.13 bits per heavy atom. The number of carbonyl (C=O) groups is 1. The van der Waals surface area contributed by atoms with Gasteiger partial charge in [-0.25, -0.2) is 0 Å². The average molecular weight is 467 g/mol. The van der Waals surface area contributed by atoms with E-state index in [1.165, 1.54) is 17.7 Å². The highest BCUT2D eigenvalue weighted by Gasteiger charge is 2.28. The third kappa shape index (κ3) is 8.00. The minimum Gasteiger partial charge on any atom is -0.379 e. The Bertz CT molecular complexity index is 679. The molecule has 174 valence electrons. The van der Waals surface area contributed by atoms with Crippen molar-refractivity contribution in [2.45, 2.75) is 52.1 Å². The van der Waals surface area contributed by atoms with Gasteiger partial charge in [0.15, 0.2) is 5.11 Å². The third-order valence-corrected chi connectivity index (χ3v) is 7.94. The second-order valence-electron chi connectivity index (χ2n) is 8.91. The predicted octanol–water partition coefficient (Wildman–Crippen LogP) is 3.09. The molecule has 3 atom stereocenters. The Labute approximate surface area is 196 Å². The minimum absolute atomic E-state index is 0.0395. The maximum atomic E-state index is 12.6. The summed E-state index contributed by atoms with van der Waals surface area (Å²) in [4.78, 5) is 18.5. The summed E-state index contributed by atoms with van der Waals surface area (Å²) >= 11 is 7.43. The number of rotatable bonds is 9. The van der Waals surface area contributed by atoms with Crippen LogP contribution < -0.4 is 10.6 Å². The molecule has 0 aromatic carbocycles. The van der Waals surface area contributed by atoms with Crippen LogP contribution >= 0.6 is 23.6 Å². The van der Waals surface area contributed by atoms with E-state index in [1.54, 1.807) is 11.3 Å². The van der Waals surface area contributed by atoms with Crippen molar-refractivity contribution in [2.75, 3.05) is 45.9 Å². The maximum absolute atomic E-state index is 12.6. The number of hydrogen-bond donors (Lipinski definition) is 2. The largest absolute Gasteiger partial charge is 0.379 e. The summed E-state index contributed by atoms with van der Waals surface area (Å²) in [5.41, 5.74) is 0. The van der Waals surface area contributed by atoms with Crippen molar-refractivity contribution in [1.82, 2.24) is 20.4 Å². The number of ether oxygens (including phenoxy) is 1. The third-order valence-electron chi connectivity index (χ3n) is 6.67. The van der Waals surface area contributed by atoms with E-state index in [4.69, 9.17) is 17.0 Å². The van der Waals surface area contributed by atoms with E-state index in [0.717, 1.165) is 58.8 Å². The van der Waals surface area contributed by atoms with Crippen molar-refractivity contribution >= 4 is 34.6 Å². The fourth-order valence-electron chi connectivity index (χ4n) is 4.46. The summed E-state index contributed by atoms with van der Waals surface area (Å²) < 4.78 is 5.44. The number of nitrogens with one attached hydrogen (secondary N) is 2. The molecule has 8 heteroatoms. The van der Waals surface area contributed by atoms with Crippen LogP contribution in [-0.2, 0) is 16.1 Å². The van der Waals surface area contributed by atoms with Crippen LogP contribution in [0.3, 0.4) is 0 Å². The lowest BCUT2D eigenvalue weighted by Crippen LogP contribution is -2.49. The Balaban J connectivity index is 1.45. The summed E-state index contributed by atoms with van der Waals surface area (Å²) in [7, 11) is 0. The molecule has 0 spiro atoms. The average Bonchev–Trinajstić information content (AvgIpc) is 3.28. The number of nitrogens with zero attached hydrogens (tertiary/aromatic N) is 2. The smallest absolute Gasteiger partial charge is 0.239 e. The van der Waals surface area contributed by atoms with Gasteiger partial charge in [-0.05, 0) is 48.3 Å². The predicted molar refractivity (Wildman–Crippen MR) is 131 cm³/mol. The summed E-state index contributed by atoms with van der Waals surface area (Å²) in [6.07, 6.45) is 4.57. The zero-order chi connectivity index (χ0) is 22.1. The van der Waals surface area contributed by atoms with Gasteiger partial charge >= 0.3 is 0 Å². The van der Waals surface area contributed by atoms with Crippen molar-refractivity contribution in [3.8, 4) is 0 Å². The van der Waals surface area contributed by atoms with Crippen LogP contribution in [0.5, 0.6) is 0 Å². The Kier molecular flexibility index (Phi) is 10.0. The molecule has 2 heterocycles. The summed E-state index contributed by atoms with van der Waals surface area (Å²) in [5, 5.41) is 9.20. The van der Waals surface area contributed by atoms with Crippen LogP contribution in [0.25, 0.3) is 0 Å². The van der Waals surface area contributed by atoms with E-state index >= 15 is 0 Å². The van der Waals surface area contributed by atoms with Crippen molar-refractivity contribution in [1.29, 1.82) is 0 Å². The monoisotopic (exact) mass is 466 g/mol. The second kappa shape index (κ2) is 12.7. The molecule has 1 aromatic heterocycles.